The van der Waals surface area contributed by atoms with Gasteiger partial charge in [0.05, 0.1) is 16.7 Å². The van der Waals surface area contributed by atoms with Crippen molar-refractivity contribution >= 4 is 17.9 Å². The van der Waals surface area contributed by atoms with E-state index in [1.807, 2.05) is 18.2 Å². The molecule has 0 unspecified atom stereocenters. The van der Waals surface area contributed by atoms with Gasteiger partial charge in [0.2, 0.25) is 0 Å². The summed E-state index contributed by atoms with van der Waals surface area (Å²) >= 11 is 0. The van der Waals surface area contributed by atoms with Crippen LogP contribution in [0, 0.1) is 0 Å². The van der Waals surface area contributed by atoms with Crippen LogP contribution in [0.15, 0.2) is 91.0 Å². The van der Waals surface area contributed by atoms with Crippen molar-refractivity contribution in [1.82, 2.24) is 0 Å². The lowest BCUT2D eigenvalue weighted by molar-refractivity contribution is 0.0686. The van der Waals surface area contributed by atoms with Crippen molar-refractivity contribution in [2.45, 2.75) is 0 Å². The molecular formula is C27H18O6. The van der Waals surface area contributed by atoms with Crippen LogP contribution < -0.4 is 0 Å². The molecular weight excluding hydrogens is 420 g/mol. The Hall–Kier alpha value is -4.71. The Morgan fingerprint density at radius 3 is 1.18 bits per heavy atom. The number of hydrogen-bond acceptors (Lipinski definition) is 3. The Balaban J connectivity index is 1.90. The molecule has 0 saturated carbocycles. The van der Waals surface area contributed by atoms with E-state index in [2.05, 4.69) is 0 Å². The summed E-state index contributed by atoms with van der Waals surface area (Å²) < 4.78 is 0. The zero-order valence-corrected chi connectivity index (χ0v) is 17.2. The first kappa shape index (κ1) is 21.5. The van der Waals surface area contributed by atoms with E-state index in [-0.39, 0.29) is 16.7 Å². The number of carbonyl (C=O) groups is 3. The standard InChI is InChI=1S/C27H18O6/c28-25(29)17-9-7-16(8-10-17)22-13-23(18-3-1-5-20(11-18)26(30)31)15-24(14-22)19-4-2-6-21(12-19)27(32)33/h1-15H,(H,28,29)(H,30,31)(H,32,33). The molecule has 0 amide bonds. The lowest BCUT2D eigenvalue weighted by Gasteiger charge is -2.12. The van der Waals surface area contributed by atoms with E-state index in [0.717, 1.165) is 22.3 Å². The highest BCUT2D eigenvalue weighted by molar-refractivity contribution is 5.92. The lowest BCUT2D eigenvalue weighted by Crippen LogP contribution is -1.97. The predicted molar refractivity (Wildman–Crippen MR) is 124 cm³/mol. The van der Waals surface area contributed by atoms with Gasteiger partial charge in [-0.15, -0.1) is 0 Å². The van der Waals surface area contributed by atoms with Crippen molar-refractivity contribution in [2.75, 3.05) is 0 Å². The molecule has 162 valence electrons. The molecule has 0 spiro atoms. The van der Waals surface area contributed by atoms with Crippen LogP contribution in [-0.2, 0) is 0 Å². The van der Waals surface area contributed by atoms with Crippen molar-refractivity contribution in [2.24, 2.45) is 0 Å². The minimum atomic E-state index is -1.04. The van der Waals surface area contributed by atoms with E-state index in [1.165, 1.54) is 24.3 Å². The Morgan fingerprint density at radius 1 is 0.394 bits per heavy atom. The molecule has 4 aromatic rings. The van der Waals surface area contributed by atoms with Crippen LogP contribution in [0.4, 0.5) is 0 Å². The molecule has 33 heavy (non-hydrogen) atoms. The first-order valence-electron chi connectivity index (χ1n) is 9.98. The summed E-state index contributed by atoms with van der Waals surface area (Å²) in [6.45, 7) is 0. The summed E-state index contributed by atoms with van der Waals surface area (Å²) in [5.74, 6) is -3.09. The summed E-state index contributed by atoms with van der Waals surface area (Å²) in [5.41, 5.74) is 4.88. The molecule has 0 saturated heterocycles. The molecule has 0 aliphatic rings. The Morgan fingerprint density at radius 2 is 0.788 bits per heavy atom. The van der Waals surface area contributed by atoms with E-state index in [0.29, 0.717) is 11.1 Å². The van der Waals surface area contributed by atoms with Crippen LogP contribution in [-0.4, -0.2) is 33.2 Å². The maximum Gasteiger partial charge on any atom is 0.335 e. The zero-order chi connectivity index (χ0) is 23.5. The molecule has 0 aliphatic heterocycles. The largest absolute Gasteiger partial charge is 0.478 e. The third kappa shape index (κ3) is 4.65. The van der Waals surface area contributed by atoms with Crippen molar-refractivity contribution in [1.29, 1.82) is 0 Å². The zero-order valence-electron chi connectivity index (χ0n) is 17.2. The van der Waals surface area contributed by atoms with Gasteiger partial charge in [0.25, 0.3) is 0 Å². The van der Waals surface area contributed by atoms with Crippen molar-refractivity contribution < 1.29 is 29.7 Å². The minimum Gasteiger partial charge on any atom is -0.478 e. The summed E-state index contributed by atoms with van der Waals surface area (Å²) in [4.78, 5) is 34.1. The average Bonchev–Trinajstić information content (AvgIpc) is 2.84. The fraction of sp³-hybridized carbons (Fsp3) is 0. The number of rotatable bonds is 6. The molecule has 0 aliphatic carbocycles. The summed E-state index contributed by atoms with van der Waals surface area (Å²) in [6.07, 6.45) is 0. The number of carboxylic acid groups (broad SMARTS) is 3. The summed E-state index contributed by atoms with van der Waals surface area (Å²) in [6, 6.07) is 25.2. The second kappa shape index (κ2) is 8.80. The van der Waals surface area contributed by atoms with E-state index >= 15 is 0 Å². The fourth-order valence-electron chi connectivity index (χ4n) is 3.60. The maximum absolute atomic E-state index is 11.4. The highest BCUT2D eigenvalue weighted by Crippen LogP contribution is 2.33. The van der Waals surface area contributed by atoms with Crippen LogP contribution >= 0.6 is 0 Å². The average molecular weight is 438 g/mol. The summed E-state index contributed by atoms with van der Waals surface area (Å²) in [7, 11) is 0. The van der Waals surface area contributed by atoms with Gasteiger partial charge in [0, 0.05) is 0 Å². The third-order valence-corrected chi connectivity index (χ3v) is 5.28. The first-order valence-corrected chi connectivity index (χ1v) is 9.98. The molecule has 0 aromatic heterocycles. The highest BCUT2D eigenvalue weighted by Gasteiger charge is 2.12. The Kier molecular flexibility index (Phi) is 5.74. The van der Waals surface area contributed by atoms with Gasteiger partial charge in [-0.1, -0.05) is 36.4 Å². The molecule has 4 rings (SSSR count). The summed E-state index contributed by atoms with van der Waals surface area (Å²) in [5, 5.41) is 27.9. The van der Waals surface area contributed by atoms with Gasteiger partial charge in [0.1, 0.15) is 0 Å². The fourth-order valence-corrected chi connectivity index (χ4v) is 3.60. The van der Waals surface area contributed by atoms with Crippen molar-refractivity contribution in [3.05, 3.63) is 108 Å². The number of carboxylic acids is 3. The monoisotopic (exact) mass is 438 g/mol. The second-order valence-electron chi connectivity index (χ2n) is 7.45. The quantitative estimate of drug-likeness (QED) is 0.352. The van der Waals surface area contributed by atoms with Crippen LogP contribution in [0.25, 0.3) is 33.4 Å². The highest BCUT2D eigenvalue weighted by atomic mass is 16.4. The second-order valence-corrected chi connectivity index (χ2v) is 7.45. The normalized spacial score (nSPS) is 10.5. The molecule has 3 N–H and O–H groups in total. The van der Waals surface area contributed by atoms with Gasteiger partial charge >= 0.3 is 17.9 Å². The smallest absolute Gasteiger partial charge is 0.335 e. The Bertz CT molecular complexity index is 1310. The van der Waals surface area contributed by atoms with Gasteiger partial charge in [-0.25, -0.2) is 14.4 Å². The molecule has 0 radical (unpaired) electrons. The van der Waals surface area contributed by atoms with Crippen LogP contribution in [0.2, 0.25) is 0 Å². The first-order chi connectivity index (χ1) is 15.8. The minimum absolute atomic E-state index is 0.151. The van der Waals surface area contributed by atoms with Gasteiger partial charge in [-0.05, 0) is 88.0 Å². The lowest BCUT2D eigenvalue weighted by atomic mass is 9.92. The van der Waals surface area contributed by atoms with E-state index in [9.17, 15) is 29.7 Å². The Labute approximate surface area is 189 Å². The molecule has 0 fully saturated rings. The topological polar surface area (TPSA) is 112 Å². The van der Waals surface area contributed by atoms with Crippen molar-refractivity contribution in [3.63, 3.8) is 0 Å². The predicted octanol–water partition coefficient (Wildman–Crippen LogP) is 5.78. The number of benzene rings is 4. The molecule has 0 heterocycles. The number of aromatic carboxylic acids is 3. The molecule has 0 bridgehead atoms. The van der Waals surface area contributed by atoms with Crippen LogP contribution in [0.5, 0.6) is 0 Å². The van der Waals surface area contributed by atoms with Gasteiger partial charge < -0.3 is 15.3 Å². The SMILES string of the molecule is O=C(O)c1ccc(-c2cc(-c3cccc(C(=O)O)c3)cc(-c3cccc(C(=O)O)c3)c2)cc1. The van der Waals surface area contributed by atoms with Gasteiger partial charge in [0.15, 0.2) is 0 Å². The van der Waals surface area contributed by atoms with Crippen molar-refractivity contribution in [3.8, 4) is 33.4 Å². The molecule has 0 atom stereocenters. The maximum atomic E-state index is 11.4. The van der Waals surface area contributed by atoms with Gasteiger partial charge in [-0.3, -0.25) is 0 Å². The molecule has 4 aromatic carbocycles. The van der Waals surface area contributed by atoms with E-state index in [1.54, 1.807) is 48.5 Å². The third-order valence-electron chi connectivity index (χ3n) is 5.28. The van der Waals surface area contributed by atoms with Crippen LogP contribution in [0.3, 0.4) is 0 Å². The number of hydrogen-bond donors (Lipinski definition) is 3. The van der Waals surface area contributed by atoms with Crippen LogP contribution in [0.1, 0.15) is 31.1 Å². The van der Waals surface area contributed by atoms with Gasteiger partial charge in [-0.2, -0.15) is 0 Å². The van der Waals surface area contributed by atoms with E-state index in [4.69, 9.17) is 0 Å². The molecule has 6 heteroatoms. The van der Waals surface area contributed by atoms with E-state index < -0.39 is 17.9 Å². The molecule has 6 nitrogen and oxygen atoms in total.